The number of benzene rings is 1. The Morgan fingerprint density at radius 3 is 2.32 bits per heavy atom. The fourth-order valence-electron chi connectivity index (χ4n) is 5.08. The highest BCUT2D eigenvalue weighted by Gasteiger charge is 2.45. The minimum Gasteiger partial charge on any atom is -0.493 e. The number of hydrogen-bond donors (Lipinski definition) is 1. The molecule has 0 bridgehead atoms. The molecule has 1 N–H and O–H groups in total. The minimum atomic E-state index is -4.67. The van der Waals surface area contributed by atoms with Crippen LogP contribution in [0.4, 0.5) is 31.1 Å². The maximum absolute atomic E-state index is 13.4. The van der Waals surface area contributed by atoms with Crippen molar-refractivity contribution in [2.45, 2.75) is 76.0 Å². The second-order valence-corrected chi connectivity index (χ2v) is 12.1. The van der Waals surface area contributed by atoms with Gasteiger partial charge in [0.15, 0.2) is 6.10 Å². The number of hydrogen-bond acceptors (Lipinski definition) is 7. The van der Waals surface area contributed by atoms with Crippen LogP contribution in [-0.2, 0) is 32.3 Å². The van der Waals surface area contributed by atoms with Crippen molar-refractivity contribution in [2.75, 3.05) is 32.5 Å². The van der Waals surface area contributed by atoms with Crippen molar-refractivity contribution in [3.63, 3.8) is 0 Å². The van der Waals surface area contributed by atoms with Gasteiger partial charge >= 0.3 is 18.4 Å². The maximum atomic E-state index is 13.4. The van der Waals surface area contributed by atoms with Crippen molar-refractivity contribution in [3.05, 3.63) is 29.3 Å². The molecular formula is C25H33F6N3O6S. The Balaban J connectivity index is 1.67. The highest BCUT2D eigenvalue weighted by Crippen LogP contribution is 2.41. The molecule has 0 aliphatic carbocycles. The highest BCUT2D eigenvalue weighted by molar-refractivity contribution is 7.89. The van der Waals surface area contributed by atoms with Gasteiger partial charge in [-0.05, 0) is 57.7 Å². The van der Waals surface area contributed by atoms with Gasteiger partial charge in [0.05, 0.1) is 18.4 Å². The summed E-state index contributed by atoms with van der Waals surface area (Å²) in [6.07, 6.45) is -9.44. The number of carbonyl (C=O) groups excluding carboxylic acids is 2. The van der Waals surface area contributed by atoms with Crippen LogP contribution in [0.1, 0.15) is 56.6 Å². The summed E-state index contributed by atoms with van der Waals surface area (Å²) in [4.78, 5) is 27.3. The summed E-state index contributed by atoms with van der Waals surface area (Å²) in [6.45, 7) is 1.83. The number of nitrogens with zero attached hydrogens (tertiary/aromatic N) is 2. The van der Waals surface area contributed by atoms with E-state index in [0.717, 1.165) is 38.2 Å². The van der Waals surface area contributed by atoms with E-state index in [0.29, 0.717) is 24.9 Å². The topological polar surface area (TPSA) is 105 Å². The molecule has 1 aromatic rings. The van der Waals surface area contributed by atoms with Gasteiger partial charge < -0.3 is 14.4 Å². The molecule has 2 saturated heterocycles. The minimum absolute atomic E-state index is 0.0208. The molecule has 2 aliphatic heterocycles. The first kappa shape index (κ1) is 32.8. The van der Waals surface area contributed by atoms with E-state index in [2.05, 4.69) is 9.64 Å². The van der Waals surface area contributed by atoms with Gasteiger partial charge in [0.2, 0.25) is 15.9 Å². The fourth-order valence-corrected chi connectivity index (χ4v) is 5.60. The summed E-state index contributed by atoms with van der Waals surface area (Å²) in [5, 5.41) is 0. The van der Waals surface area contributed by atoms with Crippen LogP contribution in [0.15, 0.2) is 18.2 Å². The Morgan fingerprint density at radius 1 is 1.07 bits per heavy atom. The van der Waals surface area contributed by atoms with Crippen molar-refractivity contribution in [3.8, 4) is 5.75 Å². The SMILES string of the molecule is CC(OC(=O)N1CCC2(CCCN2Cc2ccc(C(F)(F)F)cc2OCCCC(=O)NS(C)(=O)=O)CC1)C(F)(F)F. The van der Waals surface area contributed by atoms with E-state index in [1.807, 2.05) is 0 Å². The molecule has 232 valence electrons. The third-order valence-corrected chi connectivity index (χ3v) is 7.89. The van der Waals surface area contributed by atoms with Gasteiger partial charge in [0.1, 0.15) is 5.75 Å². The van der Waals surface area contributed by atoms with Crippen molar-refractivity contribution in [1.82, 2.24) is 14.5 Å². The summed E-state index contributed by atoms with van der Waals surface area (Å²) in [6, 6.07) is 3.16. The van der Waals surface area contributed by atoms with E-state index in [1.165, 1.54) is 11.0 Å². The number of amides is 2. The van der Waals surface area contributed by atoms with Gasteiger partial charge in [0, 0.05) is 37.2 Å². The summed E-state index contributed by atoms with van der Waals surface area (Å²) in [7, 11) is -3.73. The summed E-state index contributed by atoms with van der Waals surface area (Å²) in [5.74, 6) is -0.782. The van der Waals surface area contributed by atoms with Gasteiger partial charge in [0.25, 0.3) is 0 Å². The van der Waals surface area contributed by atoms with Crippen LogP contribution in [0.3, 0.4) is 0 Å². The molecule has 2 fully saturated rings. The lowest BCUT2D eigenvalue weighted by atomic mass is 9.85. The van der Waals surface area contributed by atoms with Crippen LogP contribution in [0.2, 0.25) is 0 Å². The first-order valence-corrected chi connectivity index (χ1v) is 14.9. The second-order valence-electron chi connectivity index (χ2n) is 10.4. The van der Waals surface area contributed by atoms with E-state index in [4.69, 9.17) is 4.74 Å². The largest absolute Gasteiger partial charge is 0.493 e. The van der Waals surface area contributed by atoms with Gasteiger partial charge in [-0.15, -0.1) is 0 Å². The average molecular weight is 618 g/mol. The lowest BCUT2D eigenvalue weighted by molar-refractivity contribution is -0.200. The van der Waals surface area contributed by atoms with E-state index in [9.17, 15) is 44.3 Å². The molecule has 16 heteroatoms. The molecule has 1 atom stereocenters. The lowest BCUT2D eigenvalue weighted by Crippen LogP contribution is -2.53. The summed E-state index contributed by atoms with van der Waals surface area (Å²) >= 11 is 0. The zero-order valence-electron chi connectivity index (χ0n) is 22.6. The number of piperidine rings is 1. The van der Waals surface area contributed by atoms with Crippen molar-refractivity contribution in [2.24, 2.45) is 0 Å². The van der Waals surface area contributed by atoms with Gasteiger partial charge in [-0.2, -0.15) is 26.3 Å². The van der Waals surface area contributed by atoms with E-state index >= 15 is 0 Å². The molecular weight excluding hydrogens is 584 g/mol. The van der Waals surface area contributed by atoms with E-state index in [-0.39, 0.29) is 44.8 Å². The van der Waals surface area contributed by atoms with Gasteiger partial charge in [-0.1, -0.05) is 6.07 Å². The molecule has 2 amide bonds. The molecule has 0 aromatic heterocycles. The number of rotatable bonds is 9. The Bertz CT molecular complexity index is 1200. The summed E-state index contributed by atoms with van der Waals surface area (Å²) in [5.41, 5.74) is -0.835. The van der Waals surface area contributed by atoms with Gasteiger partial charge in [-0.3, -0.25) is 14.4 Å². The molecule has 2 heterocycles. The predicted octanol–water partition coefficient (Wildman–Crippen LogP) is 4.46. The number of likely N-dealkylation sites (tertiary alicyclic amines) is 2. The number of alkyl halides is 6. The first-order valence-electron chi connectivity index (χ1n) is 13.0. The third-order valence-electron chi connectivity index (χ3n) is 7.29. The first-order chi connectivity index (χ1) is 18.9. The Hall–Kier alpha value is -2.75. The summed E-state index contributed by atoms with van der Waals surface area (Å²) < 4.78 is 113. The Morgan fingerprint density at radius 2 is 1.73 bits per heavy atom. The van der Waals surface area contributed by atoms with E-state index in [1.54, 1.807) is 4.72 Å². The Kier molecular flexibility index (Phi) is 10.1. The molecule has 41 heavy (non-hydrogen) atoms. The number of carbonyl (C=O) groups is 2. The number of ether oxygens (including phenoxy) is 2. The van der Waals surface area contributed by atoms with Crippen LogP contribution in [0, 0.1) is 0 Å². The van der Waals surface area contributed by atoms with Crippen molar-refractivity contribution < 1.29 is 53.8 Å². The molecule has 1 aromatic carbocycles. The monoisotopic (exact) mass is 617 g/mol. The van der Waals surface area contributed by atoms with E-state index < -0.39 is 51.6 Å². The predicted molar refractivity (Wildman–Crippen MR) is 134 cm³/mol. The zero-order valence-corrected chi connectivity index (χ0v) is 23.4. The standard InChI is InChI=1S/C25H33F6N3O6S/c1-17(24(26,27)28)40-22(36)33-12-9-23(10-13-33)8-4-11-34(23)16-18-6-7-19(25(29,30)31)15-20(18)39-14-3-5-21(35)32-41(2,37)38/h6-7,15,17H,3-5,8-14,16H2,1-2H3,(H,32,35). The molecule has 0 saturated carbocycles. The molecule has 9 nitrogen and oxygen atoms in total. The third kappa shape index (κ3) is 9.12. The molecule has 1 unspecified atom stereocenters. The van der Waals surface area contributed by atoms with Crippen LogP contribution in [0.25, 0.3) is 0 Å². The van der Waals surface area contributed by atoms with Gasteiger partial charge in [-0.25, -0.2) is 13.2 Å². The molecule has 0 radical (unpaired) electrons. The maximum Gasteiger partial charge on any atom is 0.425 e. The number of nitrogens with one attached hydrogen (secondary N) is 1. The average Bonchev–Trinajstić information content (AvgIpc) is 3.21. The molecule has 1 spiro atoms. The highest BCUT2D eigenvalue weighted by atomic mass is 32.2. The van der Waals surface area contributed by atoms with Crippen molar-refractivity contribution in [1.29, 1.82) is 0 Å². The van der Waals surface area contributed by atoms with Crippen LogP contribution in [0.5, 0.6) is 5.75 Å². The van der Waals surface area contributed by atoms with Crippen LogP contribution in [-0.4, -0.2) is 80.5 Å². The van der Waals surface area contributed by atoms with Crippen molar-refractivity contribution >= 4 is 22.0 Å². The normalized spacial score (nSPS) is 18.8. The van der Waals surface area contributed by atoms with Crippen LogP contribution >= 0.6 is 0 Å². The fraction of sp³-hybridized carbons (Fsp3) is 0.680. The zero-order chi connectivity index (χ0) is 30.6. The molecule has 2 aliphatic rings. The Labute approximate surface area is 234 Å². The molecule has 3 rings (SSSR count). The second kappa shape index (κ2) is 12.6. The smallest absolute Gasteiger partial charge is 0.425 e. The van der Waals surface area contributed by atoms with Crippen LogP contribution < -0.4 is 9.46 Å². The number of sulfonamides is 1. The lowest BCUT2D eigenvalue weighted by Gasteiger charge is -2.45. The quantitative estimate of drug-likeness (QED) is 0.322. The number of halogens is 6.